The van der Waals surface area contributed by atoms with Crippen LogP contribution >= 0.6 is 15.9 Å². The number of nitrogens with one attached hydrogen (secondary N) is 1. The molecule has 2 heterocycles. The van der Waals surface area contributed by atoms with E-state index in [1.807, 2.05) is 35.8 Å². The van der Waals surface area contributed by atoms with Gasteiger partial charge in [0.15, 0.2) is 11.2 Å². The van der Waals surface area contributed by atoms with Crippen LogP contribution in [-0.2, 0) is 0 Å². The number of benzene rings is 1. The van der Waals surface area contributed by atoms with E-state index in [1.54, 1.807) is 6.92 Å². The van der Waals surface area contributed by atoms with Crippen LogP contribution in [0.5, 0.6) is 0 Å². The van der Waals surface area contributed by atoms with Crippen molar-refractivity contribution >= 4 is 27.1 Å². The Kier molecular flexibility index (Phi) is 2.74. The highest BCUT2D eigenvalue weighted by Crippen LogP contribution is 2.19. The number of hydrogen-bond donors (Lipinski definition) is 1. The van der Waals surface area contributed by atoms with E-state index in [1.165, 1.54) is 0 Å². The first kappa shape index (κ1) is 12.1. The number of rotatable bonds is 1. The molecule has 3 aromatic rings. The van der Waals surface area contributed by atoms with Crippen molar-refractivity contribution in [2.45, 2.75) is 13.8 Å². The zero-order chi connectivity index (χ0) is 13.6. The SMILES string of the molecule is Cc1nc2nc(C)n(-c3ccc(Br)cc3)c2c(=O)[nH]1. The third-order valence-corrected chi connectivity index (χ3v) is 3.42. The summed E-state index contributed by atoms with van der Waals surface area (Å²) in [7, 11) is 0. The molecule has 0 spiro atoms. The Morgan fingerprint density at radius 1 is 1.16 bits per heavy atom. The summed E-state index contributed by atoms with van der Waals surface area (Å²) in [5, 5.41) is 0. The van der Waals surface area contributed by atoms with E-state index in [2.05, 4.69) is 30.9 Å². The minimum Gasteiger partial charge on any atom is -0.309 e. The molecule has 19 heavy (non-hydrogen) atoms. The summed E-state index contributed by atoms with van der Waals surface area (Å²) in [5.41, 5.74) is 1.66. The number of aryl methyl sites for hydroxylation is 2. The molecule has 3 rings (SSSR count). The van der Waals surface area contributed by atoms with Crippen LogP contribution in [0.1, 0.15) is 11.6 Å². The van der Waals surface area contributed by atoms with Gasteiger partial charge in [-0.1, -0.05) is 15.9 Å². The summed E-state index contributed by atoms with van der Waals surface area (Å²) in [6.07, 6.45) is 0. The second-order valence-electron chi connectivity index (χ2n) is 4.29. The van der Waals surface area contributed by atoms with Crippen molar-refractivity contribution in [1.82, 2.24) is 19.5 Å². The fourth-order valence-electron chi connectivity index (χ4n) is 2.12. The third kappa shape index (κ3) is 1.98. The molecule has 0 radical (unpaired) electrons. The zero-order valence-corrected chi connectivity index (χ0v) is 12.0. The largest absolute Gasteiger partial charge is 0.309 e. The topological polar surface area (TPSA) is 63.6 Å². The summed E-state index contributed by atoms with van der Waals surface area (Å²) in [4.78, 5) is 23.4. The highest BCUT2D eigenvalue weighted by Gasteiger charge is 2.14. The lowest BCUT2D eigenvalue weighted by molar-refractivity contribution is 0.990. The molecule has 96 valence electrons. The Morgan fingerprint density at radius 3 is 2.53 bits per heavy atom. The lowest BCUT2D eigenvalue weighted by Gasteiger charge is -2.06. The fraction of sp³-hybridized carbons (Fsp3) is 0.154. The quantitative estimate of drug-likeness (QED) is 0.749. The summed E-state index contributed by atoms with van der Waals surface area (Å²) in [5.74, 6) is 1.30. The average molecular weight is 319 g/mol. The van der Waals surface area contributed by atoms with Crippen molar-refractivity contribution in [2.75, 3.05) is 0 Å². The summed E-state index contributed by atoms with van der Waals surface area (Å²) in [6, 6.07) is 7.71. The van der Waals surface area contributed by atoms with Gasteiger partial charge in [0.1, 0.15) is 11.6 Å². The first-order valence-corrected chi connectivity index (χ1v) is 6.57. The van der Waals surface area contributed by atoms with Crippen LogP contribution in [0.25, 0.3) is 16.9 Å². The molecule has 0 bridgehead atoms. The summed E-state index contributed by atoms with van der Waals surface area (Å²) in [6.45, 7) is 3.60. The van der Waals surface area contributed by atoms with E-state index in [0.29, 0.717) is 17.0 Å². The number of nitrogens with zero attached hydrogens (tertiary/aromatic N) is 3. The molecule has 0 amide bonds. The molecular weight excluding hydrogens is 308 g/mol. The van der Waals surface area contributed by atoms with E-state index < -0.39 is 0 Å². The van der Waals surface area contributed by atoms with Crippen LogP contribution in [0.4, 0.5) is 0 Å². The third-order valence-electron chi connectivity index (χ3n) is 2.89. The van der Waals surface area contributed by atoms with Gasteiger partial charge in [0.25, 0.3) is 5.56 Å². The molecule has 0 saturated heterocycles. The van der Waals surface area contributed by atoms with E-state index in [4.69, 9.17) is 0 Å². The first-order chi connectivity index (χ1) is 9.06. The maximum atomic E-state index is 12.1. The van der Waals surface area contributed by atoms with Crippen LogP contribution in [0, 0.1) is 13.8 Å². The van der Waals surface area contributed by atoms with Crippen LogP contribution in [-0.4, -0.2) is 19.5 Å². The number of halogens is 1. The predicted octanol–water partition coefficient (Wildman–Crippen LogP) is 2.49. The predicted molar refractivity (Wildman–Crippen MR) is 76.7 cm³/mol. The Labute approximate surface area is 117 Å². The van der Waals surface area contributed by atoms with Gasteiger partial charge in [0.2, 0.25) is 0 Å². The molecule has 1 aromatic carbocycles. The van der Waals surface area contributed by atoms with Gasteiger partial charge in [-0.3, -0.25) is 9.36 Å². The van der Waals surface area contributed by atoms with Crippen molar-refractivity contribution in [3.8, 4) is 5.69 Å². The van der Waals surface area contributed by atoms with Gasteiger partial charge < -0.3 is 4.98 Å². The van der Waals surface area contributed by atoms with Gasteiger partial charge in [-0.25, -0.2) is 9.97 Å². The Bertz CT molecular complexity index is 817. The molecule has 0 aliphatic carbocycles. The van der Waals surface area contributed by atoms with Crippen LogP contribution < -0.4 is 5.56 Å². The zero-order valence-electron chi connectivity index (χ0n) is 10.4. The molecule has 0 atom stereocenters. The van der Waals surface area contributed by atoms with Crippen molar-refractivity contribution in [3.05, 3.63) is 50.7 Å². The van der Waals surface area contributed by atoms with Gasteiger partial charge in [-0.05, 0) is 38.1 Å². The maximum Gasteiger partial charge on any atom is 0.277 e. The van der Waals surface area contributed by atoms with E-state index in [9.17, 15) is 4.79 Å². The van der Waals surface area contributed by atoms with E-state index >= 15 is 0 Å². The number of H-pyrrole nitrogens is 1. The number of aromatic amines is 1. The molecule has 0 aliphatic heterocycles. The molecule has 1 N–H and O–H groups in total. The maximum absolute atomic E-state index is 12.1. The second kappa shape index (κ2) is 4.31. The molecule has 2 aromatic heterocycles. The van der Waals surface area contributed by atoms with E-state index in [-0.39, 0.29) is 5.56 Å². The molecule has 0 fully saturated rings. The summed E-state index contributed by atoms with van der Waals surface area (Å²) < 4.78 is 2.80. The van der Waals surface area contributed by atoms with E-state index in [0.717, 1.165) is 16.0 Å². The Morgan fingerprint density at radius 2 is 1.84 bits per heavy atom. The van der Waals surface area contributed by atoms with Gasteiger partial charge in [-0.2, -0.15) is 0 Å². The van der Waals surface area contributed by atoms with Crippen LogP contribution in [0.3, 0.4) is 0 Å². The van der Waals surface area contributed by atoms with Gasteiger partial charge in [0, 0.05) is 10.2 Å². The van der Waals surface area contributed by atoms with Gasteiger partial charge in [0.05, 0.1) is 0 Å². The first-order valence-electron chi connectivity index (χ1n) is 5.78. The molecule has 0 unspecified atom stereocenters. The van der Waals surface area contributed by atoms with Crippen molar-refractivity contribution in [3.63, 3.8) is 0 Å². The van der Waals surface area contributed by atoms with Crippen molar-refractivity contribution in [2.24, 2.45) is 0 Å². The molecule has 5 nitrogen and oxygen atoms in total. The second-order valence-corrected chi connectivity index (χ2v) is 5.21. The Balaban J connectivity index is 2.38. The number of fused-ring (bicyclic) bond motifs is 1. The lowest BCUT2D eigenvalue weighted by atomic mass is 10.3. The van der Waals surface area contributed by atoms with Crippen LogP contribution in [0.15, 0.2) is 33.5 Å². The molecule has 0 saturated carbocycles. The number of imidazole rings is 1. The highest BCUT2D eigenvalue weighted by molar-refractivity contribution is 9.10. The smallest absolute Gasteiger partial charge is 0.277 e. The standard InChI is InChI=1S/C13H11BrN4O/c1-7-15-12-11(13(19)16-7)18(8(2)17-12)10-5-3-9(14)4-6-10/h3-6H,1-2H3,(H,15,16,19). The van der Waals surface area contributed by atoms with Crippen LogP contribution in [0.2, 0.25) is 0 Å². The highest BCUT2D eigenvalue weighted by atomic mass is 79.9. The minimum atomic E-state index is -0.175. The molecule has 6 heteroatoms. The minimum absolute atomic E-state index is 0.175. The van der Waals surface area contributed by atoms with Crippen molar-refractivity contribution in [1.29, 1.82) is 0 Å². The monoisotopic (exact) mass is 318 g/mol. The van der Waals surface area contributed by atoms with Crippen molar-refractivity contribution < 1.29 is 0 Å². The average Bonchev–Trinajstić information content (AvgIpc) is 2.66. The van der Waals surface area contributed by atoms with Gasteiger partial charge >= 0.3 is 0 Å². The fourth-order valence-corrected chi connectivity index (χ4v) is 2.38. The number of hydrogen-bond acceptors (Lipinski definition) is 3. The normalized spacial score (nSPS) is 11.1. The summed E-state index contributed by atoms with van der Waals surface area (Å²) >= 11 is 3.40. The Hall–Kier alpha value is -1.95. The molecule has 0 aliphatic rings. The number of aromatic nitrogens is 4. The molecular formula is C13H11BrN4O. The lowest BCUT2D eigenvalue weighted by Crippen LogP contribution is -2.13. The van der Waals surface area contributed by atoms with Gasteiger partial charge in [-0.15, -0.1) is 0 Å².